The molecule has 1 aromatic rings. The highest BCUT2D eigenvalue weighted by molar-refractivity contribution is 9.09. The van der Waals surface area contributed by atoms with Crippen LogP contribution in [0.1, 0.15) is 50.9 Å². The Morgan fingerprint density at radius 1 is 1.22 bits per heavy atom. The predicted octanol–water partition coefficient (Wildman–Crippen LogP) is 5.13. The van der Waals surface area contributed by atoms with Gasteiger partial charge in [0.15, 0.2) is 0 Å². The lowest BCUT2D eigenvalue weighted by atomic mass is 9.81. The maximum Gasteiger partial charge on any atom is 0.0844 e. The molecule has 0 spiro atoms. The third-order valence-electron chi connectivity index (χ3n) is 3.62. The molecule has 1 rings (SSSR count). The summed E-state index contributed by atoms with van der Waals surface area (Å²) in [5.74, 6) is 0. The van der Waals surface area contributed by atoms with E-state index in [-0.39, 0.29) is 0 Å². The van der Waals surface area contributed by atoms with Crippen LogP contribution in [0.3, 0.4) is 0 Å². The molecule has 104 valence electrons. The second-order valence-electron chi connectivity index (χ2n) is 5.28. The van der Waals surface area contributed by atoms with Crippen LogP contribution < -0.4 is 0 Å². The minimum Gasteiger partial charge on any atom is -0.267 e. The molecule has 0 unspecified atom stereocenters. The van der Waals surface area contributed by atoms with Crippen molar-refractivity contribution in [2.75, 3.05) is 5.33 Å². The van der Waals surface area contributed by atoms with Crippen molar-refractivity contribution < 1.29 is 0 Å². The minimum absolute atomic E-state index is 0.302. The number of rotatable bonds is 7. The summed E-state index contributed by atoms with van der Waals surface area (Å²) in [4.78, 5) is 0. The van der Waals surface area contributed by atoms with Crippen molar-refractivity contribution in [3.63, 3.8) is 0 Å². The zero-order valence-electron chi connectivity index (χ0n) is 11.9. The van der Waals surface area contributed by atoms with E-state index in [0.717, 1.165) is 28.3 Å². The van der Waals surface area contributed by atoms with Crippen molar-refractivity contribution in [2.24, 2.45) is 5.41 Å². The maximum absolute atomic E-state index is 6.23. The molecule has 4 heteroatoms. The van der Waals surface area contributed by atoms with Gasteiger partial charge < -0.3 is 0 Å². The Balaban J connectivity index is 2.98. The van der Waals surface area contributed by atoms with Gasteiger partial charge in [-0.05, 0) is 32.1 Å². The van der Waals surface area contributed by atoms with Gasteiger partial charge in [0, 0.05) is 11.9 Å². The Hall–Kier alpha value is -0.0200. The van der Waals surface area contributed by atoms with Crippen molar-refractivity contribution >= 4 is 27.5 Å². The lowest BCUT2D eigenvalue weighted by Crippen LogP contribution is -2.29. The van der Waals surface area contributed by atoms with E-state index in [0.29, 0.717) is 5.41 Å². The molecule has 0 saturated carbocycles. The van der Waals surface area contributed by atoms with Gasteiger partial charge >= 0.3 is 0 Å². The van der Waals surface area contributed by atoms with Crippen molar-refractivity contribution in [3.8, 4) is 0 Å². The van der Waals surface area contributed by atoms with E-state index in [4.69, 9.17) is 11.6 Å². The molecular weight excluding hydrogens is 312 g/mol. The van der Waals surface area contributed by atoms with Crippen molar-refractivity contribution in [1.82, 2.24) is 9.78 Å². The molecule has 1 heterocycles. The highest BCUT2D eigenvalue weighted by Crippen LogP contribution is 2.35. The Morgan fingerprint density at radius 3 is 2.11 bits per heavy atom. The Kier molecular flexibility index (Phi) is 6.19. The number of hydrogen-bond acceptors (Lipinski definition) is 1. The smallest absolute Gasteiger partial charge is 0.0844 e. The normalized spacial score (nSPS) is 12.1. The third-order valence-corrected chi connectivity index (χ3v) is 5.36. The molecule has 0 bridgehead atoms. The zero-order chi connectivity index (χ0) is 13.8. The molecule has 0 aliphatic heterocycles. The average Bonchev–Trinajstić information content (AvgIpc) is 2.57. The molecule has 0 atom stereocenters. The van der Waals surface area contributed by atoms with Gasteiger partial charge in [-0.3, -0.25) is 4.68 Å². The number of hydrogen-bond donors (Lipinski definition) is 0. The SMILES string of the molecule is CCCC(CBr)(CCC)Cn1nc(C)c(Cl)c1C. The number of aryl methyl sites for hydroxylation is 1. The van der Waals surface area contributed by atoms with Gasteiger partial charge in [-0.15, -0.1) is 0 Å². The van der Waals surface area contributed by atoms with Crippen LogP contribution in [-0.2, 0) is 6.54 Å². The van der Waals surface area contributed by atoms with Crippen LogP contribution in [-0.4, -0.2) is 15.1 Å². The zero-order valence-corrected chi connectivity index (χ0v) is 14.2. The first-order valence-electron chi connectivity index (χ1n) is 6.75. The fourth-order valence-corrected chi connectivity index (χ4v) is 3.54. The summed E-state index contributed by atoms with van der Waals surface area (Å²) in [7, 11) is 0. The van der Waals surface area contributed by atoms with E-state index in [1.807, 2.05) is 6.92 Å². The number of nitrogens with zero attached hydrogens (tertiary/aromatic N) is 2. The van der Waals surface area contributed by atoms with E-state index in [1.165, 1.54) is 25.7 Å². The van der Waals surface area contributed by atoms with E-state index >= 15 is 0 Å². The quantitative estimate of drug-likeness (QED) is 0.631. The van der Waals surface area contributed by atoms with Crippen molar-refractivity contribution in [2.45, 2.75) is 59.9 Å². The van der Waals surface area contributed by atoms with E-state index in [1.54, 1.807) is 0 Å². The number of aromatic nitrogens is 2. The van der Waals surface area contributed by atoms with Crippen molar-refractivity contribution in [1.29, 1.82) is 0 Å². The molecule has 0 saturated heterocycles. The fourth-order valence-electron chi connectivity index (χ4n) is 2.67. The molecule has 2 nitrogen and oxygen atoms in total. The predicted molar refractivity (Wildman–Crippen MR) is 82.8 cm³/mol. The Bertz CT molecular complexity index is 381. The highest BCUT2D eigenvalue weighted by Gasteiger charge is 2.29. The summed E-state index contributed by atoms with van der Waals surface area (Å²) in [5.41, 5.74) is 2.33. The van der Waals surface area contributed by atoms with Crippen LogP contribution in [0.25, 0.3) is 0 Å². The van der Waals surface area contributed by atoms with Crippen LogP contribution in [0.15, 0.2) is 0 Å². The van der Waals surface area contributed by atoms with Gasteiger partial charge in [-0.1, -0.05) is 54.2 Å². The minimum atomic E-state index is 0.302. The van der Waals surface area contributed by atoms with Gasteiger partial charge in [0.25, 0.3) is 0 Å². The Labute approximate surface area is 124 Å². The first kappa shape index (κ1) is 16.0. The van der Waals surface area contributed by atoms with Gasteiger partial charge in [0.05, 0.1) is 16.4 Å². The second kappa shape index (κ2) is 6.95. The Morgan fingerprint density at radius 2 is 1.78 bits per heavy atom. The largest absolute Gasteiger partial charge is 0.267 e. The molecule has 0 aliphatic carbocycles. The van der Waals surface area contributed by atoms with Crippen LogP contribution in [0.5, 0.6) is 0 Å². The number of alkyl halides is 1. The topological polar surface area (TPSA) is 17.8 Å². The summed E-state index contributed by atoms with van der Waals surface area (Å²) in [6.45, 7) is 9.49. The van der Waals surface area contributed by atoms with Gasteiger partial charge in [0.1, 0.15) is 0 Å². The third kappa shape index (κ3) is 3.51. The molecular formula is C14H24BrClN2. The van der Waals surface area contributed by atoms with E-state index in [9.17, 15) is 0 Å². The van der Waals surface area contributed by atoms with Crippen LogP contribution in [0, 0.1) is 19.3 Å². The summed E-state index contributed by atoms with van der Waals surface area (Å²) in [6, 6.07) is 0. The summed E-state index contributed by atoms with van der Waals surface area (Å²) >= 11 is 9.94. The van der Waals surface area contributed by atoms with E-state index in [2.05, 4.69) is 46.5 Å². The van der Waals surface area contributed by atoms with Crippen LogP contribution in [0.4, 0.5) is 0 Å². The molecule has 0 aliphatic rings. The maximum atomic E-state index is 6.23. The molecule has 1 aromatic heterocycles. The summed E-state index contributed by atoms with van der Waals surface area (Å²) in [5, 5.41) is 6.41. The average molecular weight is 336 g/mol. The monoisotopic (exact) mass is 334 g/mol. The first-order chi connectivity index (χ1) is 8.49. The van der Waals surface area contributed by atoms with E-state index < -0.39 is 0 Å². The lowest BCUT2D eigenvalue weighted by molar-refractivity contribution is 0.221. The second-order valence-corrected chi connectivity index (χ2v) is 6.21. The molecule has 0 aromatic carbocycles. The summed E-state index contributed by atoms with van der Waals surface area (Å²) in [6.07, 6.45) is 4.86. The molecule has 0 fully saturated rings. The number of halogens is 2. The van der Waals surface area contributed by atoms with Gasteiger partial charge in [-0.25, -0.2) is 0 Å². The highest BCUT2D eigenvalue weighted by atomic mass is 79.9. The van der Waals surface area contributed by atoms with Crippen LogP contribution >= 0.6 is 27.5 Å². The van der Waals surface area contributed by atoms with Crippen molar-refractivity contribution in [3.05, 3.63) is 16.4 Å². The first-order valence-corrected chi connectivity index (χ1v) is 8.25. The molecule has 0 radical (unpaired) electrons. The molecule has 18 heavy (non-hydrogen) atoms. The lowest BCUT2D eigenvalue weighted by Gasteiger charge is -2.32. The van der Waals surface area contributed by atoms with Crippen LogP contribution in [0.2, 0.25) is 5.02 Å². The fraction of sp³-hybridized carbons (Fsp3) is 0.786. The van der Waals surface area contributed by atoms with Gasteiger partial charge in [-0.2, -0.15) is 5.10 Å². The molecule has 0 N–H and O–H groups in total. The molecule has 0 amide bonds. The standard InChI is InChI=1S/C14H24BrClN2/c1-5-7-14(9-15,8-6-2)10-18-12(4)13(16)11(3)17-18/h5-10H2,1-4H3. The summed E-state index contributed by atoms with van der Waals surface area (Å²) < 4.78 is 2.09. The van der Waals surface area contributed by atoms with Gasteiger partial charge in [0.2, 0.25) is 0 Å².